The Hall–Kier alpha value is -2.27. The number of fused-ring (bicyclic) bond motifs is 1. The highest BCUT2D eigenvalue weighted by Gasteiger charge is 2.30. The Morgan fingerprint density at radius 3 is 2.56 bits per heavy atom. The van der Waals surface area contributed by atoms with Crippen molar-refractivity contribution in [3.05, 3.63) is 63.5 Å². The molecule has 2 aliphatic rings. The number of rotatable bonds is 7. The van der Waals surface area contributed by atoms with Gasteiger partial charge in [-0.2, -0.15) is 17.0 Å². The second kappa shape index (κ2) is 9.30. The summed E-state index contributed by atoms with van der Waals surface area (Å²) in [4.78, 5) is 14.5. The van der Waals surface area contributed by atoms with Crippen LogP contribution in [0, 0.1) is 11.7 Å². The largest absolute Gasteiger partial charge is 0.486 e. The number of ether oxygens (including phenoxy) is 1. The molecule has 0 radical (unpaired) electrons. The second-order valence-corrected chi connectivity index (χ2v) is 10.7. The van der Waals surface area contributed by atoms with Crippen LogP contribution in [0.4, 0.5) is 4.39 Å². The Morgan fingerprint density at radius 2 is 1.88 bits per heavy atom. The predicted octanol–water partition coefficient (Wildman–Crippen LogP) is 2.19. The average Bonchev–Trinajstić information content (AvgIpc) is 3.14. The van der Waals surface area contributed by atoms with Crippen molar-refractivity contribution in [3.8, 4) is 5.75 Å². The lowest BCUT2D eigenvalue weighted by Crippen LogP contribution is -2.45. The van der Waals surface area contributed by atoms with Crippen LogP contribution in [0.3, 0.4) is 0 Å². The molecule has 4 rings (SSSR count). The van der Waals surface area contributed by atoms with E-state index in [0.29, 0.717) is 57.9 Å². The fourth-order valence-electron chi connectivity index (χ4n) is 4.14. The molecule has 0 unspecified atom stereocenters. The number of nitrogens with zero attached hydrogens (tertiary/aromatic N) is 3. The molecule has 0 saturated carbocycles. The van der Waals surface area contributed by atoms with Crippen LogP contribution in [0.2, 0.25) is 0 Å². The van der Waals surface area contributed by atoms with Gasteiger partial charge in [-0.3, -0.25) is 9.69 Å². The topological polar surface area (TPSA) is 83.3 Å². The average molecular weight is 466 g/mol. The maximum Gasteiger partial charge on any atom is 0.281 e. The molecule has 8 nitrogen and oxygen atoms in total. The molecule has 1 saturated heterocycles. The summed E-state index contributed by atoms with van der Waals surface area (Å²) in [6.07, 6.45) is 2.69. The highest BCUT2D eigenvalue weighted by molar-refractivity contribution is 7.86. The van der Waals surface area contributed by atoms with E-state index in [9.17, 15) is 17.6 Å². The molecule has 0 bridgehead atoms. The molecule has 2 aliphatic heterocycles. The molecule has 32 heavy (non-hydrogen) atoms. The fourth-order valence-corrected chi connectivity index (χ4v) is 5.27. The van der Waals surface area contributed by atoms with Crippen molar-refractivity contribution in [2.24, 2.45) is 5.92 Å². The van der Waals surface area contributed by atoms with E-state index in [4.69, 9.17) is 9.15 Å². The van der Waals surface area contributed by atoms with Gasteiger partial charge in [-0.25, -0.2) is 4.39 Å². The summed E-state index contributed by atoms with van der Waals surface area (Å²) in [6.45, 7) is 2.95. The number of benzene rings is 1. The maximum atomic E-state index is 13.4. The summed E-state index contributed by atoms with van der Waals surface area (Å²) in [5.74, 6) is 0.608. The Labute approximate surface area is 187 Å². The quantitative estimate of drug-likeness (QED) is 0.624. The first-order valence-corrected chi connectivity index (χ1v) is 12.0. The first-order chi connectivity index (χ1) is 15.2. The third kappa shape index (κ3) is 5.03. The molecule has 1 aromatic heterocycles. The molecule has 1 fully saturated rings. The zero-order valence-electron chi connectivity index (χ0n) is 18.3. The summed E-state index contributed by atoms with van der Waals surface area (Å²) in [5.41, 5.74) is 1.79. The monoisotopic (exact) mass is 465 g/mol. The van der Waals surface area contributed by atoms with Crippen LogP contribution >= 0.6 is 0 Å². The third-order valence-corrected chi connectivity index (χ3v) is 7.96. The van der Waals surface area contributed by atoms with Gasteiger partial charge in [-0.1, -0.05) is 6.07 Å². The zero-order valence-corrected chi connectivity index (χ0v) is 19.1. The molecule has 174 valence electrons. The molecule has 1 aromatic carbocycles. The summed E-state index contributed by atoms with van der Waals surface area (Å²) >= 11 is 0. The lowest BCUT2D eigenvalue weighted by Gasteiger charge is -2.32. The molecule has 2 aromatic rings. The van der Waals surface area contributed by atoms with Gasteiger partial charge in [0.05, 0.1) is 13.2 Å². The van der Waals surface area contributed by atoms with Gasteiger partial charge >= 0.3 is 0 Å². The lowest BCUT2D eigenvalue weighted by atomic mass is 9.99. The van der Waals surface area contributed by atoms with Crippen molar-refractivity contribution in [2.45, 2.75) is 32.5 Å². The summed E-state index contributed by atoms with van der Waals surface area (Å²) in [7, 11) is -0.346. The van der Waals surface area contributed by atoms with E-state index in [-0.39, 0.29) is 22.9 Å². The molecule has 0 atom stereocenters. The van der Waals surface area contributed by atoms with Crippen molar-refractivity contribution in [1.29, 1.82) is 0 Å². The van der Waals surface area contributed by atoms with Crippen molar-refractivity contribution >= 4 is 10.2 Å². The summed E-state index contributed by atoms with van der Waals surface area (Å²) in [5, 5.41) is 0. The smallest absolute Gasteiger partial charge is 0.281 e. The van der Waals surface area contributed by atoms with Gasteiger partial charge < -0.3 is 9.15 Å². The van der Waals surface area contributed by atoms with Gasteiger partial charge in [-0.15, -0.1) is 0 Å². The molecular weight excluding hydrogens is 437 g/mol. The normalized spacial score (nSPS) is 18.2. The van der Waals surface area contributed by atoms with Crippen LogP contribution in [-0.2, 0) is 29.8 Å². The minimum atomic E-state index is -3.39. The van der Waals surface area contributed by atoms with Crippen LogP contribution in [-0.4, -0.2) is 55.7 Å². The number of piperidine rings is 1. The molecule has 10 heteroatoms. The van der Waals surface area contributed by atoms with E-state index >= 15 is 0 Å². The Morgan fingerprint density at radius 1 is 1.16 bits per heavy atom. The van der Waals surface area contributed by atoms with Crippen LogP contribution in [0.5, 0.6) is 5.75 Å². The van der Waals surface area contributed by atoms with Crippen molar-refractivity contribution in [3.63, 3.8) is 0 Å². The first-order valence-electron chi connectivity index (χ1n) is 10.6. The van der Waals surface area contributed by atoms with E-state index in [1.807, 2.05) is 0 Å². The van der Waals surface area contributed by atoms with Gasteiger partial charge in [0.25, 0.3) is 10.2 Å². The van der Waals surface area contributed by atoms with E-state index < -0.39 is 10.2 Å². The van der Waals surface area contributed by atoms with Crippen LogP contribution < -0.4 is 10.2 Å². The van der Waals surface area contributed by atoms with Gasteiger partial charge in [0.15, 0.2) is 0 Å². The molecule has 0 amide bonds. The Bertz CT molecular complexity index is 1130. The molecule has 0 aliphatic carbocycles. The molecule has 3 heterocycles. The van der Waals surface area contributed by atoms with Crippen LogP contribution in [0.25, 0.3) is 0 Å². The van der Waals surface area contributed by atoms with Gasteiger partial charge in [0.1, 0.15) is 17.8 Å². The van der Waals surface area contributed by atoms with Gasteiger partial charge in [0.2, 0.25) is 11.2 Å². The lowest BCUT2D eigenvalue weighted by molar-refractivity contribution is 0.177. The fraction of sp³-hybridized carbons (Fsp3) is 0.500. The van der Waals surface area contributed by atoms with Crippen molar-refractivity contribution in [1.82, 2.24) is 13.5 Å². The van der Waals surface area contributed by atoms with E-state index in [2.05, 4.69) is 4.90 Å². The standard InChI is InChI=1S/C22H28FN3O5S/c1-24(2)32(28,29)26-7-5-16(6-8-26)14-31-22-15-30-20(10-21(22)27)13-25-11-17-3-4-19(23)9-18(17)12-25/h3-4,9-10,15-16H,5-8,11-14H2,1-2H3. The van der Waals surface area contributed by atoms with E-state index in [0.717, 1.165) is 11.1 Å². The zero-order chi connectivity index (χ0) is 22.9. The van der Waals surface area contributed by atoms with Crippen LogP contribution in [0.15, 0.2) is 39.7 Å². The maximum absolute atomic E-state index is 13.4. The molecular formula is C22H28FN3O5S. The predicted molar refractivity (Wildman–Crippen MR) is 117 cm³/mol. The third-order valence-electron chi connectivity index (χ3n) is 6.02. The SMILES string of the molecule is CN(C)S(=O)(=O)N1CCC(COc2coc(CN3Cc4ccc(F)cc4C3)cc2=O)CC1. The second-order valence-electron chi connectivity index (χ2n) is 8.58. The number of hydrogen-bond donors (Lipinski definition) is 0. The van der Waals surface area contributed by atoms with Crippen molar-refractivity contribution < 1.29 is 22.0 Å². The van der Waals surface area contributed by atoms with E-state index in [1.165, 1.54) is 41.1 Å². The van der Waals surface area contributed by atoms with E-state index in [1.54, 1.807) is 12.1 Å². The Kier molecular flexibility index (Phi) is 6.66. The minimum absolute atomic E-state index is 0.156. The van der Waals surface area contributed by atoms with Crippen molar-refractivity contribution in [2.75, 3.05) is 33.8 Å². The summed E-state index contributed by atoms with van der Waals surface area (Å²) in [6, 6.07) is 6.23. The first kappa shape index (κ1) is 22.9. The highest BCUT2D eigenvalue weighted by atomic mass is 32.2. The number of halogens is 1. The molecule has 0 spiro atoms. The minimum Gasteiger partial charge on any atom is -0.486 e. The van der Waals surface area contributed by atoms with Gasteiger partial charge in [-0.05, 0) is 42.0 Å². The Balaban J connectivity index is 1.28. The summed E-state index contributed by atoms with van der Waals surface area (Å²) < 4.78 is 51.8. The number of hydrogen-bond acceptors (Lipinski definition) is 6. The van der Waals surface area contributed by atoms with Gasteiger partial charge in [0, 0.05) is 46.3 Å². The molecule has 0 N–H and O–H groups in total. The van der Waals surface area contributed by atoms with Crippen LogP contribution in [0.1, 0.15) is 29.7 Å². The highest BCUT2D eigenvalue weighted by Crippen LogP contribution is 2.25.